The second-order valence-corrected chi connectivity index (χ2v) is 5.19. The molecule has 23 heavy (non-hydrogen) atoms. The van der Waals surface area contributed by atoms with Crippen LogP contribution in [0.25, 0.3) is 0 Å². The van der Waals surface area contributed by atoms with E-state index in [1.54, 1.807) is 0 Å². The van der Waals surface area contributed by atoms with Crippen LogP contribution in [0.2, 0.25) is 0 Å². The summed E-state index contributed by atoms with van der Waals surface area (Å²) in [5.41, 5.74) is 3.15. The van der Waals surface area contributed by atoms with Crippen molar-refractivity contribution in [2.75, 3.05) is 13.1 Å². The van der Waals surface area contributed by atoms with Gasteiger partial charge in [0.25, 0.3) is 0 Å². The van der Waals surface area contributed by atoms with Crippen molar-refractivity contribution in [1.29, 1.82) is 0 Å². The third kappa shape index (κ3) is 6.11. The summed E-state index contributed by atoms with van der Waals surface area (Å²) >= 11 is 0. The Morgan fingerprint density at radius 3 is 2.39 bits per heavy atom. The first-order chi connectivity index (χ1) is 10.8. The number of alkyl halides is 3. The van der Waals surface area contributed by atoms with E-state index < -0.39 is 12.6 Å². The van der Waals surface area contributed by atoms with Crippen LogP contribution >= 0.6 is 0 Å². The Bertz CT molecular complexity index is 520. The van der Waals surface area contributed by atoms with E-state index in [9.17, 15) is 13.2 Å². The van der Waals surface area contributed by atoms with Gasteiger partial charge in [-0.15, -0.1) is 0 Å². The van der Waals surface area contributed by atoms with E-state index in [1.807, 2.05) is 25.6 Å². The lowest BCUT2D eigenvalue weighted by atomic mass is 10.1. The molecule has 132 valence electrons. The van der Waals surface area contributed by atoms with Crippen molar-refractivity contribution < 1.29 is 13.2 Å². The molecule has 0 saturated carbocycles. The van der Waals surface area contributed by atoms with E-state index in [0.717, 1.165) is 29.8 Å². The average Bonchev–Trinajstić information content (AvgIpc) is 2.78. The summed E-state index contributed by atoms with van der Waals surface area (Å²) in [5, 5.41) is 10.2. The summed E-state index contributed by atoms with van der Waals surface area (Å²) in [6.45, 7) is 6.76. The number of nitrogens with one attached hydrogen (secondary N) is 2. The lowest BCUT2D eigenvalue weighted by Crippen LogP contribution is -2.38. The van der Waals surface area contributed by atoms with Gasteiger partial charge in [-0.05, 0) is 19.8 Å². The predicted octanol–water partition coefficient (Wildman–Crippen LogP) is 2.55. The zero-order valence-electron chi connectivity index (χ0n) is 14.2. The molecule has 0 bridgehead atoms. The van der Waals surface area contributed by atoms with E-state index in [1.165, 1.54) is 0 Å². The molecule has 0 unspecified atom stereocenters. The molecule has 1 rings (SSSR count). The zero-order valence-corrected chi connectivity index (χ0v) is 14.2. The molecule has 0 atom stereocenters. The number of rotatable bonds is 7. The Labute approximate surface area is 135 Å². The quantitative estimate of drug-likeness (QED) is 0.596. The molecule has 1 heterocycles. The fraction of sp³-hybridized carbons (Fsp3) is 0.733. The smallest absolute Gasteiger partial charge is 0.357 e. The third-order valence-corrected chi connectivity index (χ3v) is 3.47. The first-order valence-corrected chi connectivity index (χ1v) is 7.94. The van der Waals surface area contributed by atoms with Crippen molar-refractivity contribution in [3.8, 4) is 0 Å². The van der Waals surface area contributed by atoms with Crippen molar-refractivity contribution >= 4 is 5.96 Å². The van der Waals surface area contributed by atoms with E-state index in [2.05, 4.69) is 27.6 Å². The van der Waals surface area contributed by atoms with Crippen molar-refractivity contribution in [2.45, 2.75) is 52.8 Å². The standard InChI is InChI=1S/C15H26F3N5/c1-5-12-11(13(6-2)23(4)22-12)10-21-14(19-7-3)20-9-8-15(16,17)18/h5-10H2,1-4H3,(H2,19,20,21). The molecule has 0 aliphatic heterocycles. The van der Waals surface area contributed by atoms with Gasteiger partial charge in [-0.3, -0.25) is 4.68 Å². The molecule has 0 fully saturated rings. The van der Waals surface area contributed by atoms with Gasteiger partial charge in [-0.2, -0.15) is 18.3 Å². The van der Waals surface area contributed by atoms with Gasteiger partial charge < -0.3 is 10.6 Å². The number of hydrogen-bond acceptors (Lipinski definition) is 2. The van der Waals surface area contributed by atoms with Gasteiger partial charge in [0.15, 0.2) is 5.96 Å². The summed E-state index contributed by atoms with van der Waals surface area (Å²) in [4.78, 5) is 4.41. The SMILES string of the molecule is CCNC(=NCc1c(CC)nn(C)c1CC)NCCC(F)(F)F. The molecule has 2 N–H and O–H groups in total. The van der Waals surface area contributed by atoms with E-state index in [0.29, 0.717) is 19.0 Å². The molecule has 5 nitrogen and oxygen atoms in total. The minimum atomic E-state index is -4.17. The highest BCUT2D eigenvalue weighted by Gasteiger charge is 2.26. The van der Waals surface area contributed by atoms with Gasteiger partial charge in [0.1, 0.15) is 0 Å². The number of aromatic nitrogens is 2. The van der Waals surface area contributed by atoms with Crippen LogP contribution in [0.1, 0.15) is 44.1 Å². The second kappa shape index (κ2) is 8.79. The van der Waals surface area contributed by atoms with Gasteiger partial charge in [0, 0.05) is 31.4 Å². The van der Waals surface area contributed by atoms with Crippen LogP contribution in [0.4, 0.5) is 13.2 Å². The van der Waals surface area contributed by atoms with E-state index >= 15 is 0 Å². The summed E-state index contributed by atoms with van der Waals surface area (Å²) in [6, 6.07) is 0. The maximum atomic E-state index is 12.2. The Balaban J connectivity index is 2.81. The average molecular weight is 333 g/mol. The first-order valence-electron chi connectivity index (χ1n) is 7.94. The molecule has 0 aliphatic carbocycles. The number of aryl methyl sites for hydroxylation is 2. The fourth-order valence-electron chi connectivity index (χ4n) is 2.39. The number of halogens is 3. The molecule has 0 aromatic carbocycles. The Morgan fingerprint density at radius 1 is 1.17 bits per heavy atom. The van der Waals surface area contributed by atoms with E-state index in [4.69, 9.17) is 0 Å². The number of nitrogens with zero attached hydrogens (tertiary/aromatic N) is 3. The number of aliphatic imine (C=N–C) groups is 1. The highest BCUT2D eigenvalue weighted by molar-refractivity contribution is 5.79. The van der Waals surface area contributed by atoms with Gasteiger partial charge in [-0.1, -0.05) is 13.8 Å². The number of guanidine groups is 1. The van der Waals surface area contributed by atoms with Crippen LogP contribution in [-0.2, 0) is 26.4 Å². The molecule has 0 saturated heterocycles. The first kappa shape index (κ1) is 19.3. The van der Waals surface area contributed by atoms with Crippen molar-refractivity contribution in [3.63, 3.8) is 0 Å². The molecule has 0 radical (unpaired) electrons. The molecular formula is C15H26F3N5. The minimum absolute atomic E-state index is 0.191. The predicted molar refractivity (Wildman–Crippen MR) is 85.5 cm³/mol. The Kier molecular flexibility index (Phi) is 7.38. The molecule has 1 aromatic heterocycles. The normalized spacial score (nSPS) is 12.6. The Hall–Kier alpha value is -1.73. The highest BCUT2D eigenvalue weighted by Crippen LogP contribution is 2.18. The van der Waals surface area contributed by atoms with Crippen LogP contribution in [0.5, 0.6) is 0 Å². The maximum absolute atomic E-state index is 12.2. The van der Waals surface area contributed by atoms with E-state index in [-0.39, 0.29) is 6.54 Å². The third-order valence-electron chi connectivity index (χ3n) is 3.47. The fourth-order valence-corrected chi connectivity index (χ4v) is 2.39. The van der Waals surface area contributed by atoms with Crippen LogP contribution < -0.4 is 10.6 Å². The van der Waals surface area contributed by atoms with Gasteiger partial charge in [0.2, 0.25) is 0 Å². The minimum Gasteiger partial charge on any atom is -0.357 e. The molecule has 0 spiro atoms. The largest absolute Gasteiger partial charge is 0.390 e. The van der Waals surface area contributed by atoms with Gasteiger partial charge in [0.05, 0.1) is 18.7 Å². The zero-order chi connectivity index (χ0) is 17.5. The molecule has 0 aliphatic rings. The summed E-state index contributed by atoms with van der Waals surface area (Å²) < 4.78 is 38.5. The van der Waals surface area contributed by atoms with Crippen molar-refractivity contribution in [1.82, 2.24) is 20.4 Å². The number of hydrogen-bond donors (Lipinski definition) is 2. The second-order valence-electron chi connectivity index (χ2n) is 5.19. The molecular weight excluding hydrogens is 307 g/mol. The van der Waals surface area contributed by atoms with Crippen LogP contribution in [0.15, 0.2) is 4.99 Å². The van der Waals surface area contributed by atoms with Crippen molar-refractivity contribution in [3.05, 3.63) is 17.0 Å². The molecule has 8 heteroatoms. The van der Waals surface area contributed by atoms with Crippen molar-refractivity contribution in [2.24, 2.45) is 12.0 Å². The van der Waals surface area contributed by atoms with Gasteiger partial charge >= 0.3 is 6.18 Å². The highest BCUT2D eigenvalue weighted by atomic mass is 19.4. The summed E-state index contributed by atoms with van der Waals surface area (Å²) in [6.07, 6.45) is -3.41. The Morgan fingerprint density at radius 2 is 1.87 bits per heavy atom. The van der Waals surface area contributed by atoms with Gasteiger partial charge in [-0.25, -0.2) is 4.99 Å². The topological polar surface area (TPSA) is 54.2 Å². The molecule has 0 amide bonds. The summed E-state index contributed by atoms with van der Waals surface area (Å²) in [7, 11) is 1.90. The maximum Gasteiger partial charge on any atom is 0.390 e. The monoisotopic (exact) mass is 333 g/mol. The van der Waals surface area contributed by atoms with Crippen LogP contribution in [0, 0.1) is 0 Å². The summed E-state index contributed by atoms with van der Waals surface area (Å²) in [5.74, 6) is 0.393. The van der Waals surface area contributed by atoms with Crippen LogP contribution in [-0.4, -0.2) is 35.0 Å². The lowest BCUT2D eigenvalue weighted by Gasteiger charge is -2.12. The molecule has 1 aromatic rings. The lowest BCUT2D eigenvalue weighted by molar-refractivity contribution is -0.132. The van der Waals surface area contributed by atoms with Crippen LogP contribution in [0.3, 0.4) is 0 Å².